The Morgan fingerprint density at radius 3 is 2.50 bits per heavy atom. The molecule has 0 radical (unpaired) electrons. The van der Waals surface area contributed by atoms with Gasteiger partial charge in [0.1, 0.15) is 11.2 Å². The monoisotopic (exact) mass is 271 g/mol. The quantitative estimate of drug-likeness (QED) is 0.803. The molecule has 0 aliphatic rings. The first-order valence-electron chi connectivity index (χ1n) is 5.64. The van der Waals surface area contributed by atoms with Crippen LogP contribution < -0.4 is 5.73 Å². The summed E-state index contributed by atoms with van der Waals surface area (Å²) in [7, 11) is 1.34. The minimum Gasteiger partial charge on any atom is -0.468 e. The lowest BCUT2D eigenvalue weighted by molar-refractivity contribution is -0.147. The number of carbonyl (C=O) groups is 1. The molecule has 0 aliphatic carbocycles. The molecule has 0 amide bonds. The summed E-state index contributed by atoms with van der Waals surface area (Å²) >= 11 is 1.63. The van der Waals surface area contributed by atoms with Gasteiger partial charge in [0.15, 0.2) is 0 Å². The Morgan fingerprint density at radius 2 is 2.06 bits per heavy atom. The third-order valence-electron chi connectivity index (χ3n) is 3.05. The first-order valence-corrected chi connectivity index (χ1v) is 7.03. The smallest absolute Gasteiger partial charge is 0.317 e. The molecule has 2 N–H and O–H groups in total. The summed E-state index contributed by atoms with van der Waals surface area (Å²) in [5.74, 6) is 0.0778. The molecule has 0 heterocycles. The molecule has 0 spiro atoms. The van der Waals surface area contributed by atoms with Crippen LogP contribution in [0, 0.1) is 5.82 Å². The molecule has 18 heavy (non-hydrogen) atoms. The summed E-state index contributed by atoms with van der Waals surface area (Å²) < 4.78 is 17.8. The van der Waals surface area contributed by atoms with Crippen molar-refractivity contribution in [1.29, 1.82) is 0 Å². The average Bonchev–Trinajstić information content (AvgIpc) is 2.41. The molecule has 0 bridgehead atoms. The second kappa shape index (κ2) is 6.75. The van der Waals surface area contributed by atoms with Crippen molar-refractivity contribution in [1.82, 2.24) is 0 Å². The molecule has 1 aromatic rings. The Labute approximate surface area is 111 Å². The van der Waals surface area contributed by atoms with Gasteiger partial charge >= 0.3 is 5.97 Å². The molecule has 1 atom stereocenters. The van der Waals surface area contributed by atoms with Crippen LogP contribution in [0.2, 0.25) is 0 Å². The summed E-state index contributed by atoms with van der Waals surface area (Å²) in [6.07, 6.45) is 2.53. The first-order chi connectivity index (χ1) is 8.60. The Hall–Kier alpha value is -1.07. The van der Waals surface area contributed by atoms with Crippen molar-refractivity contribution in [2.75, 3.05) is 25.7 Å². The number of rotatable bonds is 6. The molecule has 0 fully saturated rings. The number of thioether (sulfide) groups is 1. The van der Waals surface area contributed by atoms with Gasteiger partial charge in [-0.2, -0.15) is 11.8 Å². The highest BCUT2D eigenvalue weighted by Crippen LogP contribution is 2.30. The lowest BCUT2D eigenvalue weighted by atomic mass is 9.78. The van der Waals surface area contributed by atoms with Crippen molar-refractivity contribution in [2.45, 2.75) is 11.8 Å². The van der Waals surface area contributed by atoms with Crippen molar-refractivity contribution >= 4 is 17.7 Å². The van der Waals surface area contributed by atoms with Gasteiger partial charge in [-0.25, -0.2) is 4.39 Å². The number of hydrogen-bond acceptors (Lipinski definition) is 4. The number of ether oxygens (including phenoxy) is 1. The third kappa shape index (κ3) is 3.03. The third-order valence-corrected chi connectivity index (χ3v) is 3.67. The fraction of sp³-hybridized carbons (Fsp3) is 0.462. The molecule has 3 nitrogen and oxygen atoms in total. The van der Waals surface area contributed by atoms with Crippen molar-refractivity contribution in [3.05, 3.63) is 35.6 Å². The number of hydrogen-bond donors (Lipinski definition) is 1. The molecular weight excluding hydrogens is 253 g/mol. The van der Waals surface area contributed by atoms with Gasteiger partial charge in [0.05, 0.1) is 7.11 Å². The number of nitrogens with two attached hydrogens (primary N) is 1. The number of carbonyl (C=O) groups excluding carboxylic acids is 1. The van der Waals surface area contributed by atoms with E-state index in [0.29, 0.717) is 12.0 Å². The second-order valence-corrected chi connectivity index (χ2v) is 5.01. The summed E-state index contributed by atoms with van der Waals surface area (Å²) in [5, 5.41) is 0. The van der Waals surface area contributed by atoms with E-state index in [0.717, 1.165) is 5.75 Å². The maximum absolute atomic E-state index is 13.0. The zero-order chi connectivity index (χ0) is 13.6. The zero-order valence-corrected chi connectivity index (χ0v) is 11.4. The van der Waals surface area contributed by atoms with Crippen LogP contribution in [0.3, 0.4) is 0 Å². The Kier molecular flexibility index (Phi) is 5.62. The maximum Gasteiger partial charge on any atom is 0.317 e. The zero-order valence-electron chi connectivity index (χ0n) is 10.6. The predicted octanol–water partition coefficient (Wildman–Crippen LogP) is 1.95. The Balaban J connectivity index is 3.16. The lowest BCUT2D eigenvalue weighted by Crippen LogP contribution is -2.44. The van der Waals surface area contributed by atoms with Gasteiger partial charge in [0.2, 0.25) is 0 Å². The van der Waals surface area contributed by atoms with E-state index in [1.54, 1.807) is 23.9 Å². The fourth-order valence-corrected chi connectivity index (χ4v) is 2.46. The number of halogens is 1. The van der Waals surface area contributed by atoms with Crippen LogP contribution in [0.15, 0.2) is 24.3 Å². The molecule has 5 heteroatoms. The normalized spacial score (nSPS) is 14.0. The highest BCUT2D eigenvalue weighted by Gasteiger charge is 2.39. The van der Waals surface area contributed by atoms with Crippen LogP contribution in [-0.2, 0) is 14.9 Å². The van der Waals surface area contributed by atoms with Crippen LogP contribution >= 0.6 is 11.8 Å². The summed E-state index contributed by atoms with van der Waals surface area (Å²) in [5.41, 5.74) is 5.61. The largest absolute Gasteiger partial charge is 0.468 e. The van der Waals surface area contributed by atoms with Crippen LogP contribution in [0.25, 0.3) is 0 Å². The summed E-state index contributed by atoms with van der Waals surface area (Å²) in [4.78, 5) is 12.1. The van der Waals surface area contributed by atoms with Gasteiger partial charge in [-0.15, -0.1) is 0 Å². The van der Waals surface area contributed by atoms with E-state index in [-0.39, 0.29) is 18.3 Å². The summed E-state index contributed by atoms with van der Waals surface area (Å²) in [6.45, 7) is 0.145. The molecule has 1 aromatic carbocycles. The molecule has 1 unspecified atom stereocenters. The van der Waals surface area contributed by atoms with E-state index in [2.05, 4.69) is 0 Å². The van der Waals surface area contributed by atoms with E-state index >= 15 is 0 Å². The second-order valence-electron chi connectivity index (χ2n) is 4.03. The molecule has 0 aliphatic heterocycles. The minimum atomic E-state index is -0.883. The standard InChI is InChI=1S/C13H18FNO2S/c1-17-12(16)13(9-15,7-8-18-2)10-3-5-11(14)6-4-10/h3-6H,7-9,15H2,1-2H3. The first kappa shape index (κ1) is 15.0. The number of methoxy groups -OCH3 is 1. The Bertz CT molecular complexity index is 396. The van der Waals surface area contributed by atoms with E-state index in [9.17, 15) is 9.18 Å². The van der Waals surface area contributed by atoms with Crippen molar-refractivity contribution < 1.29 is 13.9 Å². The topological polar surface area (TPSA) is 52.3 Å². The van der Waals surface area contributed by atoms with Crippen LogP contribution in [0.4, 0.5) is 4.39 Å². The van der Waals surface area contributed by atoms with Gasteiger partial charge in [0, 0.05) is 6.54 Å². The molecule has 0 aromatic heterocycles. The minimum absolute atomic E-state index is 0.145. The fourth-order valence-electron chi connectivity index (χ4n) is 1.91. The van der Waals surface area contributed by atoms with Gasteiger partial charge in [-0.1, -0.05) is 12.1 Å². The van der Waals surface area contributed by atoms with Crippen LogP contribution in [-0.4, -0.2) is 31.6 Å². The van der Waals surface area contributed by atoms with E-state index in [1.807, 2.05) is 6.26 Å². The Morgan fingerprint density at radius 1 is 1.44 bits per heavy atom. The highest BCUT2D eigenvalue weighted by molar-refractivity contribution is 7.98. The van der Waals surface area contributed by atoms with Gasteiger partial charge in [-0.05, 0) is 36.1 Å². The average molecular weight is 271 g/mol. The molecule has 1 rings (SSSR count). The molecular formula is C13H18FNO2S. The van der Waals surface area contributed by atoms with Crippen molar-refractivity contribution in [3.63, 3.8) is 0 Å². The number of esters is 1. The van der Waals surface area contributed by atoms with E-state index in [1.165, 1.54) is 19.2 Å². The molecule has 0 saturated carbocycles. The maximum atomic E-state index is 13.0. The van der Waals surface area contributed by atoms with Crippen LogP contribution in [0.1, 0.15) is 12.0 Å². The van der Waals surface area contributed by atoms with Crippen molar-refractivity contribution in [2.24, 2.45) is 5.73 Å². The SMILES string of the molecule is COC(=O)C(CN)(CCSC)c1ccc(F)cc1. The van der Waals surface area contributed by atoms with Gasteiger partial charge in [0.25, 0.3) is 0 Å². The van der Waals surface area contributed by atoms with E-state index in [4.69, 9.17) is 10.5 Å². The van der Waals surface area contributed by atoms with E-state index < -0.39 is 5.41 Å². The predicted molar refractivity (Wildman–Crippen MR) is 72.1 cm³/mol. The summed E-state index contributed by atoms with van der Waals surface area (Å²) in [6, 6.07) is 5.86. The molecule has 100 valence electrons. The lowest BCUT2D eigenvalue weighted by Gasteiger charge is -2.30. The van der Waals surface area contributed by atoms with Gasteiger partial charge < -0.3 is 10.5 Å². The highest BCUT2D eigenvalue weighted by atomic mass is 32.2. The van der Waals surface area contributed by atoms with Gasteiger partial charge in [-0.3, -0.25) is 4.79 Å². The van der Waals surface area contributed by atoms with Crippen molar-refractivity contribution in [3.8, 4) is 0 Å². The van der Waals surface area contributed by atoms with Crippen LogP contribution in [0.5, 0.6) is 0 Å². The molecule has 0 saturated heterocycles. The number of benzene rings is 1.